The summed E-state index contributed by atoms with van der Waals surface area (Å²) in [6, 6.07) is 7.98. The van der Waals surface area contributed by atoms with Crippen molar-refractivity contribution in [2.24, 2.45) is 0 Å². The topological polar surface area (TPSA) is 46.6 Å². The Bertz CT molecular complexity index is 504. The van der Waals surface area contributed by atoms with Gasteiger partial charge in [-0.3, -0.25) is 14.5 Å². The maximum absolute atomic E-state index is 12.1. The van der Waals surface area contributed by atoms with Crippen molar-refractivity contribution in [3.05, 3.63) is 35.4 Å². The zero-order valence-corrected chi connectivity index (χ0v) is 14.1. The Balaban J connectivity index is 1.71. The van der Waals surface area contributed by atoms with Crippen LogP contribution in [0.3, 0.4) is 0 Å². The van der Waals surface area contributed by atoms with Gasteiger partial charge in [0.25, 0.3) is 0 Å². The van der Waals surface area contributed by atoms with Crippen LogP contribution in [-0.4, -0.2) is 36.3 Å². The molecule has 2 rings (SSSR count). The number of hydrogen-bond acceptors (Lipinski definition) is 4. The molecule has 4 nitrogen and oxygen atoms in total. The van der Waals surface area contributed by atoms with Gasteiger partial charge in [-0.05, 0) is 51.3 Å². The van der Waals surface area contributed by atoms with Crippen LogP contribution in [0.2, 0.25) is 0 Å². The number of benzene rings is 1. The van der Waals surface area contributed by atoms with Crippen LogP contribution in [0.4, 0.5) is 0 Å². The molecule has 0 amide bonds. The molecule has 1 aliphatic heterocycles. The van der Waals surface area contributed by atoms with E-state index >= 15 is 0 Å². The number of nitrogens with zero attached hydrogens (tertiary/aromatic N) is 1. The van der Waals surface area contributed by atoms with Crippen molar-refractivity contribution >= 4 is 11.8 Å². The first-order valence-corrected chi connectivity index (χ1v) is 8.69. The standard InChI is InChI=1S/C19H27NO3/c1-2-23-19(22)8-4-3-7-18(21)17-11-9-16(10-12-17)15-20-13-5-6-14-20/h9-12H,2-8,13-15H2,1H3. The SMILES string of the molecule is CCOC(=O)CCCCC(=O)c1ccc(CN2CCCC2)cc1. The number of likely N-dealkylation sites (tertiary alicyclic amines) is 1. The van der Waals surface area contributed by atoms with Crippen LogP contribution in [0.5, 0.6) is 0 Å². The summed E-state index contributed by atoms with van der Waals surface area (Å²) in [6.45, 7) is 5.56. The lowest BCUT2D eigenvalue weighted by Gasteiger charge is -2.14. The van der Waals surface area contributed by atoms with Crippen molar-refractivity contribution in [2.75, 3.05) is 19.7 Å². The Morgan fingerprint density at radius 2 is 1.70 bits per heavy atom. The summed E-state index contributed by atoms with van der Waals surface area (Å²) < 4.78 is 4.87. The normalized spacial score (nSPS) is 14.8. The molecule has 1 aliphatic rings. The van der Waals surface area contributed by atoms with Crippen molar-refractivity contribution in [1.82, 2.24) is 4.90 Å². The van der Waals surface area contributed by atoms with Crippen LogP contribution in [0.25, 0.3) is 0 Å². The van der Waals surface area contributed by atoms with Crippen LogP contribution in [0.1, 0.15) is 61.4 Å². The van der Waals surface area contributed by atoms with Crippen LogP contribution in [0.15, 0.2) is 24.3 Å². The molecule has 1 saturated heterocycles. The number of ether oxygens (including phenoxy) is 1. The highest BCUT2D eigenvalue weighted by Crippen LogP contribution is 2.15. The highest BCUT2D eigenvalue weighted by Gasteiger charge is 2.12. The molecule has 0 aliphatic carbocycles. The molecule has 0 atom stereocenters. The second-order valence-electron chi connectivity index (χ2n) is 6.12. The van der Waals surface area contributed by atoms with E-state index in [1.807, 2.05) is 12.1 Å². The minimum Gasteiger partial charge on any atom is -0.466 e. The maximum Gasteiger partial charge on any atom is 0.305 e. The van der Waals surface area contributed by atoms with Crippen molar-refractivity contribution in [2.45, 2.75) is 52.0 Å². The molecule has 126 valence electrons. The Morgan fingerprint density at radius 3 is 2.35 bits per heavy atom. The Kier molecular flexibility index (Phi) is 7.27. The molecular formula is C19H27NO3. The monoisotopic (exact) mass is 317 g/mol. The lowest BCUT2D eigenvalue weighted by Crippen LogP contribution is -2.18. The fraction of sp³-hybridized carbons (Fsp3) is 0.579. The van der Waals surface area contributed by atoms with Crippen molar-refractivity contribution in [3.63, 3.8) is 0 Å². The molecule has 0 bridgehead atoms. The van der Waals surface area contributed by atoms with Gasteiger partial charge >= 0.3 is 5.97 Å². The van der Waals surface area contributed by atoms with E-state index < -0.39 is 0 Å². The number of ketones is 1. The lowest BCUT2D eigenvalue weighted by atomic mass is 10.0. The highest BCUT2D eigenvalue weighted by atomic mass is 16.5. The predicted octanol–water partition coefficient (Wildman–Crippen LogP) is 3.59. The van der Waals surface area contributed by atoms with Crippen molar-refractivity contribution in [1.29, 1.82) is 0 Å². The van der Waals surface area contributed by atoms with E-state index in [1.54, 1.807) is 6.92 Å². The molecule has 23 heavy (non-hydrogen) atoms. The summed E-state index contributed by atoms with van der Waals surface area (Å²) in [6.07, 6.45) is 4.91. The third-order valence-corrected chi connectivity index (χ3v) is 4.22. The molecule has 1 aromatic rings. The van der Waals surface area contributed by atoms with Gasteiger partial charge in [-0.2, -0.15) is 0 Å². The Morgan fingerprint density at radius 1 is 1.04 bits per heavy atom. The number of rotatable bonds is 9. The first-order valence-electron chi connectivity index (χ1n) is 8.69. The fourth-order valence-corrected chi connectivity index (χ4v) is 2.93. The number of hydrogen-bond donors (Lipinski definition) is 0. The molecular weight excluding hydrogens is 290 g/mol. The van der Waals surface area contributed by atoms with Gasteiger partial charge in [0.05, 0.1) is 6.61 Å². The zero-order valence-electron chi connectivity index (χ0n) is 14.1. The summed E-state index contributed by atoms with van der Waals surface area (Å²) in [5.41, 5.74) is 2.04. The number of unbranched alkanes of at least 4 members (excludes halogenated alkanes) is 1. The summed E-state index contributed by atoms with van der Waals surface area (Å²) >= 11 is 0. The highest BCUT2D eigenvalue weighted by molar-refractivity contribution is 5.96. The van der Waals surface area contributed by atoms with Crippen LogP contribution in [0, 0.1) is 0 Å². The van der Waals surface area contributed by atoms with E-state index in [0.29, 0.717) is 25.9 Å². The minimum absolute atomic E-state index is 0.154. The summed E-state index contributed by atoms with van der Waals surface area (Å²) in [4.78, 5) is 25.8. The smallest absolute Gasteiger partial charge is 0.305 e. The van der Waals surface area contributed by atoms with Gasteiger partial charge in [0.15, 0.2) is 5.78 Å². The van der Waals surface area contributed by atoms with E-state index in [1.165, 1.54) is 31.5 Å². The molecule has 0 radical (unpaired) electrons. The Hall–Kier alpha value is -1.68. The number of carbonyl (C=O) groups is 2. The molecule has 0 unspecified atom stereocenters. The number of esters is 1. The van der Waals surface area contributed by atoms with Gasteiger partial charge in [-0.1, -0.05) is 24.3 Å². The molecule has 0 saturated carbocycles. The summed E-state index contributed by atoms with van der Waals surface area (Å²) in [7, 11) is 0. The Labute approximate surface area is 138 Å². The fourth-order valence-electron chi connectivity index (χ4n) is 2.93. The van der Waals surface area contributed by atoms with Gasteiger partial charge in [0.1, 0.15) is 0 Å². The van der Waals surface area contributed by atoms with E-state index in [0.717, 1.165) is 18.5 Å². The lowest BCUT2D eigenvalue weighted by molar-refractivity contribution is -0.143. The van der Waals surface area contributed by atoms with E-state index in [2.05, 4.69) is 17.0 Å². The van der Waals surface area contributed by atoms with Gasteiger partial charge in [-0.25, -0.2) is 0 Å². The second kappa shape index (κ2) is 9.46. The molecule has 1 fully saturated rings. The molecule has 1 aromatic carbocycles. The largest absolute Gasteiger partial charge is 0.466 e. The minimum atomic E-state index is -0.175. The average Bonchev–Trinajstić information content (AvgIpc) is 3.05. The predicted molar refractivity (Wildman–Crippen MR) is 90.4 cm³/mol. The zero-order chi connectivity index (χ0) is 16.5. The molecule has 1 heterocycles. The third-order valence-electron chi connectivity index (χ3n) is 4.22. The van der Waals surface area contributed by atoms with Crippen LogP contribution >= 0.6 is 0 Å². The number of carbonyl (C=O) groups excluding carboxylic acids is 2. The number of Topliss-reactive ketones (excluding diaryl/α,β-unsaturated/α-hetero) is 1. The summed E-state index contributed by atoms with van der Waals surface area (Å²) in [5.74, 6) is -0.0206. The molecule has 0 aromatic heterocycles. The second-order valence-corrected chi connectivity index (χ2v) is 6.12. The first kappa shape index (κ1) is 17.7. The van der Waals surface area contributed by atoms with Crippen LogP contribution in [-0.2, 0) is 16.1 Å². The van der Waals surface area contributed by atoms with E-state index in [4.69, 9.17) is 4.74 Å². The van der Waals surface area contributed by atoms with E-state index in [-0.39, 0.29) is 11.8 Å². The third kappa shape index (κ3) is 6.14. The average molecular weight is 317 g/mol. The molecule has 0 N–H and O–H groups in total. The first-order chi connectivity index (χ1) is 11.2. The molecule has 4 heteroatoms. The maximum atomic E-state index is 12.1. The van der Waals surface area contributed by atoms with Gasteiger partial charge in [-0.15, -0.1) is 0 Å². The van der Waals surface area contributed by atoms with Gasteiger partial charge in [0, 0.05) is 24.9 Å². The van der Waals surface area contributed by atoms with E-state index in [9.17, 15) is 9.59 Å². The van der Waals surface area contributed by atoms with Crippen LogP contribution < -0.4 is 0 Å². The molecule has 0 spiro atoms. The van der Waals surface area contributed by atoms with Gasteiger partial charge in [0.2, 0.25) is 0 Å². The van der Waals surface area contributed by atoms with Crippen molar-refractivity contribution in [3.8, 4) is 0 Å². The quantitative estimate of drug-likeness (QED) is 0.397. The van der Waals surface area contributed by atoms with Gasteiger partial charge < -0.3 is 4.74 Å². The van der Waals surface area contributed by atoms with Crippen molar-refractivity contribution < 1.29 is 14.3 Å². The summed E-state index contributed by atoms with van der Waals surface area (Å²) in [5, 5.41) is 0.